The fourth-order valence-corrected chi connectivity index (χ4v) is 0. The van der Waals surface area contributed by atoms with Gasteiger partial charge in [-0.3, -0.25) is 0 Å². The van der Waals surface area contributed by atoms with E-state index in [1.807, 2.05) is 0 Å². The van der Waals surface area contributed by atoms with Crippen molar-refractivity contribution in [2.24, 2.45) is 0 Å². The van der Waals surface area contributed by atoms with Gasteiger partial charge in [0.1, 0.15) is 0 Å². The van der Waals surface area contributed by atoms with Gasteiger partial charge in [-0.1, -0.05) is 0 Å². The molecule has 0 rings (SSSR count). The van der Waals surface area contributed by atoms with Crippen molar-refractivity contribution < 1.29 is 62.7 Å². The minimum absolute atomic E-state index is 0. The second kappa shape index (κ2) is 25.2. The minimum atomic E-state index is 0. The van der Waals surface area contributed by atoms with Crippen LogP contribution in [0, 0.1) is 0 Å². The van der Waals surface area contributed by atoms with Crippen molar-refractivity contribution in [3.8, 4) is 0 Å². The normalized spacial score (nSPS) is 0. The van der Waals surface area contributed by atoms with Crippen LogP contribution in [-0.4, -0.2) is 54.8 Å². The molecule has 0 heterocycles. The summed E-state index contributed by atoms with van der Waals surface area (Å²) in [6.45, 7) is 0. The number of hydrogen-bond acceptors (Lipinski definition) is 0. The summed E-state index contributed by atoms with van der Waals surface area (Å²) < 4.78 is 0. The summed E-state index contributed by atoms with van der Waals surface area (Å²) in [5.74, 6) is 0. The summed E-state index contributed by atoms with van der Waals surface area (Å²) in [7, 11) is 0. The molecule has 0 aromatic carbocycles. The van der Waals surface area contributed by atoms with Crippen molar-refractivity contribution in [3.05, 3.63) is 0 Å². The Balaban J connectivity index is 0. The molecule has 0 aliphatic rings. The Morgan fingerprint density at radius 3 is 1.20 bits per heavy atom. The zero-order valence-electron chi connectivity index (χ0n) is 4.49. The first kappa shape index (κ1) is 37.7. The molecule has 29 valence electrons. The molecule has 0 nitrogen and oxygen atoms in total. The van der Waals surface area contributed by atoms with Crippen LogP contribution in [0.4, 0.5) is 0 Å². The molecular formula is H4CaMnSeTiW. The second-order valence-electron chi connectivity index (χ2n) is 0. The number of hydrogen-bond donors (Lipinski definition) is 0. The predicted molar refractivity (Wildman–Crippen MR) is 16.5 cm³/mol. The summed E-state index contributed by atoms with van der Waals surface area (Å²) in [4.78, 5) is 0. The summed E-state index contributed by atoms with van der Waals surface area (Å²) in [6, 6.07) is 0. The third kappa shape index (κ3) is 18.3. The SMILES string of the molecule is [Ca+2].[H-].[H-].[Mn].[SeH2].[Ti].[W]. The molecule has 0 aromatic rings. The van der Waals surface area contributed by atoms with Crippen molar-refractivity contribution in [2.75, 3.05) is 0 Å². The van der Waals surface area contributed by atoms with E-state index >= 15 is 0 Å². The molecule has 0 saturated heterocycles. The van der Waals surface area contributed by atoms with E-state index in [2.05, 4.69) is 0 Å². The molecule has 0 saturated carbocycles. The summed E-state index contributed by atoms with van der Waals surface area (Å²) in [5.41, 5.74) is 0. The molecule has 1 radical (unpaired) electrons. The third-order valence-electron chi connectivity index (χ3n) is 0. The molecule has 5 heteroatoms. The average Bonchev–Trinajstić information content (AvgIpc) is 0. The van der Waals surface area contributed by atoms with Crippen molar-refractivity contribution in [1.82, 2.24) is 0 Å². The van der Waals surface area contributed by atoms with Crippen LogP contribution in [0.1, 0.15) is 2.85 Å². The van der Waals surface area contributed by atoms with Gasteiger partial charge in [0, 0.05) is 59.9 Å². The van der Waals surface area contributed by atoms with Crippen LogP contribution < -0.4 is 0 Å². The molecule has 0 unspecified atom stereocenters. The molecule has 5 heavy (non-hydrogen) atoms. The van der Waals surface area contributed by atoms with E-state index in [1.165, 1.54) is 0 Å². The molecule has 0 spiro atoms. The molecular weight excluding hydrogens is 406 g/mol. The van der Waals surface area contributed by atoms with Crippen LogP contribution in [0.5, 0.6) is 0 Å². The van der Waals surface area contributed by atoms with Gasteiger partial charge in [0.25, 0.3) is 0 Å². The van der Waals surface area contributed by atoms with Crippen LogP contribution >= 0.6 is 0 Å². The Morgan fingerprint density at radius 1 is 1.20 bits per heavy atom. The Hall–Kier alpha value is 3.70. The van der Waals surface area contributed by atoms with Crippen molar-refractivity contribution >= 4 is 54.8 Å². The van der Waals surface area contributed by atoms with E-state index in [9.17, 15) is 0 Å². The van der Waals surface area contributed by atoms with Crippen LogP contribution in [0.15, 0.2) is 0 Å². The first-order valence-electron chi connectivity index (χ1n) is 0. The standard InChI is InChI=1S/Ca.Mn.H2Se.Ti.W.2H/h;;1H2;;;;/q+2;;;;;2*-1. The smallest absolute Gasteiger partial charge is 0 e. The van der Waals surface area contributed by atoms with Gasteiger partial charge in [-0.15, -0.1) is 0 Å². The minimum Gasteiger partial charge on any atom is 0 e. The number of rotatable bonds is 0. The Bertz CT molecular complexity index is 17.7. The largest absolute Gasteiger partial charge is 0 e. The van der Waals surface area contributed by atoms with Gasteiger partial charge >= 0.3 is 54.8 Å². The van der Waals surface area contributed by atoms with Gasteiger partial charge in [-0.05, 0) is 0 Å². The predicted octanol–water partition coefficient (Wildman–Crippen LogP) is -1.08. The average molecular weight is 410 g/mol. The first-order valence-corrected chi connectivity index (χ1v) is 0. The van der Waals surface area contributed by atoms with Crippen molar-refractivity contribution in [3.63, 3.8) is 0 Å². The Labute approximate surface area is 115 Å². The molecule has 0 N–H and O–H groups in total. The summed E-state index contributed by atoms with van der Waals surface area (Å²) in [6.07, 6.45) is 0. The van der Waals surface area contributed by atoms with Crippen molar-refractivity contribution in [2.45, 2.75) is 0 Å². The van der Waals surface area contributed by atoms with Crippen LogP contribution in [0.3, 0.4) is 0 Å². The summed E-state index contributed by atoms with van der Waals surface area (Å²) >= 11 is 0. The maximum Gasteiger partial charge on any atom is 0 e. The fraction of sp³-hybridized carbons (Fsp3) is 0. The van der Waals surface area contributed by atoms with E-state index in [-0.39, 0.29) is 118 Å². The zero-order valence-corrected chi connectivity index (χ0v) is 12.5. The van der Waals surface area contributed by atoms with E-state index in [0.717, 1.165) is 0 Å². The van der Waals surface area contributed by atoms with E-state index < -0.39 is 0 Å². The second-order valence-corrected chi connectivity index (χ2v) is 0. The molecule has 0 aliphatic heterocycles. The first-order chi connectivity index (χ1) is 0. The molecule has 0 fully saturated rings. The molecule has 0 aromatic heterocycles. The van der Waals surface area contributed by atoms with Gasteiger partial charge in [0.15, 0.2) is 0 Å². The van der Waals surface area contributed by atoms with Gasteiger partial charge in [0.05, 0.1) is 0 Å². The molecule has 0 aliphatic carbocycles. The van der Waals surface area contributed by atoms with E-state index in [0.29, 0.717) is 0 Å². The van der Waals surface area contributed by atoms with E-state index in [1.54, 1.807) is 0 Å². The maximum atomic E-state index is 0. The molecule has 0 amide bonds. The fourth-order valence-electron chi connectivity index (χ4n) is 0. The third-order valence-corrected chi connectivity index (χ3v) is 0. The maximum absolute atomic E-state index is 0. The van der Waals surface area contributed by atoms with Crippen molar-refractivity contribution in [1.29, 1.82) is 0 Å². The van der Waals surface area contributed by atoms with Gasteiger partial charge < -0.3 is 2.85 Å². The Morgan fingerprint density at radius 2 is 1.20 bits per heavy atom. The van der Waals surface area contributed by atoms with Crippen LogP contribution in [-0.2, 0) is 59.9 Å². The zero-order chi connectivity index (χ0) is 0. The van der Waals surface area contributed by atoms with Gasteiger partial charge in [-0.2, -0.15) is 0 Å². The van der Waals surface area contributed by atoms with Gasteiger partial charge in [-0.25, -0.2) is 0 Å². The summed E-state index contributed by atoms with van der Waals surface area (Å²) in [5, 5.41) is 0. The Kier molecular flexibility index (Phi) is 190. The molecule has 0 atom stereocenters. The van der Waals surface area contributed by atoms with E-state index in [4.69, 9.17) is 0 Å². The van der Waals surface area contributed by atoms with Crippen LogP contribution in [0.2, 0.25) is 0 Å². The van der Waals surface area contributed by atoms with Gasteiger partial charge in [0.2, 0.25) is 0 Å². The molecule has 0 bridgehead atoms. The quantitative estimate of drug-likeness (QED) is 0.447. The monoisotopic (exact) mass is 411 g/mol. The topological polar surface area (TPSA) is 0 Å². The van der Waals surface area contributed by atoms with Crippen LogP contribution in [0.25, 0.3) is 0 Å².